The van der Waals surface area contributed by atoms with Crippen molar-refractivity contribution in [3.05, 3.63) is 0 Å². The Balaban J connectivity index is 2.04. The van der Waals surface area contributed by atoms with Crippen LogP contribution in [0.25, 0.3) is 0 Å². The van der Waals surface area contributed by atoms with Gasteiger partial charge in [-0.1, -0.05) is 33.1 Å². The second kappa shape index (κ2) is 7.45. The van der Waals surface area contributed by atoms with Gasteiger partial charge in [0.2, 0.25) is 0 Å². The Kier molecular flexibility index (Phi) is 6.13. The Morgan fingerprint density at radius 2 is 1.86 bits per heavy atom. The Labute approximate surface area is 131 Å². The van der Waals surface area contributed by atoms with Crippen LogP contribution in [0.1, 0.15) is 58.8 Å². The molecule has 1 N–H and O–H groups in total. The van der Waals surface area contributed by atoms with Crippen molar-refractivity contribution < 1.29 is 8.42 Å². The molecule has 0 aromatic heterocycles. The molecule has 5 atom stereocenters. The number of nitrogens with one attached hydrogen (secondary N) is 1. The first-order valence-electron chi connectivity index (χ1n) is 8.81. The van der Waals surface area contributed by atoms with E-state index in [9.17, 15) is 8.42 Å². The van der Waals surface area contributed by atoms with Crippen molar-refractivity contribution in [3.8, 4) is 0 Å². The molecule has 2 aliphatic rings. The van der Waals surface area contributed by atoms with Crippen LogP contribution in [-0.4, -0.2) is 33.0 Å². The summed E-state index contributed by atoms with van der Waals surface area (Å²) in [5.41, 5.74) is 0. The molecule has 124 valence electrons. The van der Waals surface area contributed by atoms with E-state index in [-0.39, 0.29) is 5.25 Å². The molecular formula is C17H33NO2S. The van der Waals surface area contributed by atoms with Crippen molar-refractivity contribution in [2.75, 3.05) is 19.3 Å². The van der Waals surface area contributed by atoms with E-state index in [0.717, 1.165) is 50.1 Å². The predicted molar refractivity (Wildman–Crippen MR) is 89.1 cm³/mol. The van der Waals surface area contributed by atoms with Crippen LogP contribution < -0.4 is 5.32 Å². The topological polar surface area (TPSA) is 46.2 Å². The number of rotatable bonds is 5. The van der Waals surface area contributed by atoms with Crippen molar-refractivity contribution in [3.63, 3.8) is 0 Å². The molecule has 2 fully saturated rings. The molecule has 4 heteroatoms. The highest BCUT2D eigenvalue weighted by Gasteiger charge is 2.38. The predicted octanol–water partition coefficient (Wildman–Crippen LogP) is 3.25. The number of hydrogen-bond donors (Lipinski definition) is 1. The van der Waals surface area contributed by atoms with Crippen LogP contribution in [0.15, 0.2) is 0 Å². The Hall–Kier alpha value is -0.0900. The average Bonchev–Trinajstić information content (AvgIpc) is 2.45. The fourth-order valence-electron chi connectivity index (χ4n) is 4.61. The third kappa shape index (κ3) is 4.69. The first kappa shape index (κ1) is 17.3. The number of sulfone groups is 1. The van der Waals surface area contributed by atoms with E-state index in [2.05, 4.69) is 19.2 Å². The molecule has 21 heavy (non-hydrogen) atoms. The molecule has 0 aromatic carbocycles. The van der Waals surface area contributed by atoms with Crippen LogP contribution in [-0.2, 0) is 9.84 Å². The third-order valence-corrected chi connectivity index (χ3v) is 7.48. The highest BCUT2D eigenvalue weighted by atomic mass is 32.2. The molecule has 2 rings (SSSR count). The maximum Gasteiger partial charge on any atom is 0.150 e. The van der Waals surface area contributed by atoms with Gasteiger partial charge in [-0.15, -0.1) is 0 Å². The summed E-state index contributed by atoms with van der Waals surface area (Å²) >= 11 is 0. The fraction of sp³-hybridized carbons (Fsp3) is 1.00. The van der Waals surface area contributed by atoms with Crippen molar-refractivity contribution in [1.82, 2.24) is 5.32 Å². The van der Waals surface area contributed by atoms with E-state index in [0.29, 0.717) is 5.92 Å². The maximum atomic E-state index is 11.9. The van der Waals surface area contributed by atoms with Crippen LogP contribution in [0, 0.1) is 23.7 Å². The van der Waals surface area contributed by atoms with Gasteiger partial charge < -0.3 is 5.32 Å². The van der Waals surface area contributed by atoms with E-state index in [1.54, 1.807) is 0 Å². The first-order valence-corrected chi connectivity index (χ1v) is 10.8. The maximum absolute atomic E-state index is 11.9. The lowest BCUT2D eigenvalue weighted by molar-refractivity contribution is 0.102. The molecule has 5 unspecified atom stereocenters. The van der Waals surface area contributed by atoms with Gasteiger partial charge in [0.1, 0.15) is 9.84 Å². The largest absolute Gasteiger partial charge is 0.317 e. The van der Waals surface area contributed by atoms with Crippen LogP contribution in [0.5, 0.6) is 0 Å². The van der Waals surface area contributed by atoms with Crippen LogP contribution in [0.4, 0.5) is 0 Å². The molecule has 0 radical (unpaired) electrons. The smallest absolute Gasteiger partial charge is 0.150 e. The monoisotopic (exact) mass is 315 g/mol. The van der Waals surface area contributed by atoms with Gasteiger partial charge in [-0.05, 0) is 62.4 Å². The zero-order valence-corrected chi connectivity index (χ0v) is 14.8. The standard InChI is InChI=1S/C17H33NO2S/c1-4-18-12-15-9-8-13(2)10-17(15)14-6-5-7-16(11-14)21(3,19)20/h13-18H,4-12H2,1-3H3. The third-order valence-electron chi connectivity index (χ3n) is 5.84. The molecule has 0 amide bonds. The van der Waals surface area contributed by atoms with E-state index >= 15 is 0 Å². The van der Waals surface area contributed by atoms with Crippen molar-refractivity contribution in [2.45, 2.75) is 64.0 Å². The average molecular weight is 316 g/mol. The Morgan fingerprint density at radius 3 is 2.52 bits per heavy atom. The summed E-state index contributed by atoms with van der Waals surface area (Å²) in [6, 6.07) is 0. The number of hydrogen-bond acceptors (Lipinski definition) is 3. The molecule has 0 heterocycles. The summed E-state index contributed by atoms with van der Waals surface area (Å²) < 4.78 is 23.8. The molecular weight excluding hydrogens is 282 g/mol. The summed E-state index contributed by atoms with van der Waals surface area (Å²) in [7, 11) is -2.86. The zero-order valence-electron chi connectivity index (χ0n) is 14.0. The summed E-state index contributed by atoms with van der Waals surface area (Å²) in [6.07, 6.45) is 9.53. The van der Waals surface area contributed by atoms with E-state index in [4.69, 9.17) is 0 Å². The summed E-state index contributed by atoms with van der Waals surface area (Å²) in [5.74, 6) is 2.93. The van der Waals surface area contributed by atoms with Crippen LogP contribution >= 0.6 is 0 Å². The molecule has 0 saturated heterocycles. The van der Waals surface area contributed by atoms with Gasteiger partial charge in [-0.3, -0.25) is 0 Å². The Morgan fingerprint density at radius 1 is 1.10 bits per heavy atom. The van der Waals surface area contributed by atoms with E-state index in [1.807, 2.05) is 0 Å². The van der Waals surface area contributed by atoms with Gasteiger partial charge in [-0.2, -0.15) is 0 Å². The fourth-order valence-corrected chi connectivity index (χ4v) is 5.80. The molecule has 0 aromatic rings. The highest BCUT2D eigenvalue weighted by molar-refractivity contribution is 7.91. The van der Waals surface area contributed by atoms with Gasteiger partial charge in [0.25, 0.3) is 0 Å². The molecule has 3 nitrogen and oxygen atoms in total. The quantitative estimate of drug-likeness (QED) is 0.847. The van der Waals surface area contributed by atoms with Gasteiger partial charge in [-0.25, -0.2) is 8.42 Å². The summed E-state index contributed by atoms with van der Waals surface area (Å²) in [6.45, 7) is 6.69. The highest BCUT2D eigenvalue weighted by Crippen LogP contribution is 2.44. The normalized spacial score (nSPS) is 38.3. The van der Waals surface area contributed by atoms with Crippen molar-refractivity contribution in [1.29, 1.82) is 0 Å². The lowest BCUT2D eigenvalue weighted by Crippen LogP contribution is -2.39. The summed E-state index contributed by atoms with van der Waals surface area (Å²) in [5, 5.41) is 3.45. The second-order valence-corrected chi connectivity index (χ2v) is 9.85. The van der Waals surface area contributed by atoms with Crippen molar-refractivity contribution >= 4 is 9.84 Å². The van der Waals surface area contributed by atoms with Gasteiger partial charge >= 0.3 is 0 Å². The minimum absolute atomic E-state index is 0.0757. The van der Waals surface area contributed by atoms with Gasteiger partial charge in [0.15, 0.2) is 0 Å². The molecule has 2 saturated carbocycles. The van der Waals surface area contributed by atoms with E-state index in [1.165, 1.54) is 31.9 Å². The Bertz CT molecular complexity index is 419. The molecule has 0 aliphatic heterocycles. The minimum atomic E-state index is -2.86. The molecule has 0 bridgehead atoms. The van der Waals surface area contributed by atoms with Gasteiger partial charge in [0.05, 0.1) is 5.25 Å². The minimum Gasteiger partial charge on any atom is -0.317 e. The van der Waals surface area contributed by atoms with Crippen molar-refractivity contribution in [2.24, 2.45) is 23.7 Å². The lowest BCUT2D eigenvalue weighted by Gasteiger charge is -2.42. The van der Waals surface area contributed by atoms with Gasteiger partial charge in [0, 0.05) is 6.26 Å². The second-order valence-electron chi connectivity index (χ2n) is 7.53. The van der Waals surface area contributed by atoms with Crippen LogP contribution in [0.2, 0.25) is 0 Å². The lowest BCUT2D eigenvalue weighted by atomic mass is 9.65. The van der Waals surface area contributed by atoms with E-state index < -0.39 is 9.84 Å². The zero-order chi connectivity index (χ0) is 15.5. The molecule has 2 aliphatic carbocycles. The summed E-state index contributed by atoms with van der Waals surface area (Å²) in [4.78, 5) is 0. The SMILES string of the molecule is CCNCC1CCC(C)CC1C1CCCC(S(C)(=O)=O)C1. The van der Waals surface area contributed by atoms with Crippen LogP contribution in [0.3, 0.4) is 0 Å². The molecule has 0 spiro atoms. The first-order chi connectivity index (χ1) is 9.91.